The molecule has 0 aliphatic heterocycles. The van der Waals surface area contributed by atoms with Gasteiger partial charge in [0, 0.05) is 12.2 Å². The highest BCUT2D eigenvalue weighted by molar-refractivity contribution is 7.98. The van der Waals surface area contributed by atoms with Crippen LogP contribution in [0.2, 0.25) is 0 Å². The van der Waals surface area contributed by atoms with Crippen molar-refractivity contribution in [1.29, 1.82) is 5.26 Å². The van der Waals surface area contributed by atoms with Crippen LogP contribution >= 0.6 is 11.8 Å². The van der Waals surface area contributed by atoms with Crippen molar-refractivity contribution >= 4 is 17.5 Å². The molecule has 0 atom stereocenters. The van der Waals surface area contributed by atoms with Gasteiger partial charge in [-0.25, -0.2) is 9.97 Å². The van der Waals surface area contributed by atoms with Crippen LogP contribution in [0.25, 0.3) is 0 Å². The zero-order valence-electron chi connectivity index (χ0n) is 12.9. The van der Waals surface area contributed by atoms with Crippen molar-refractivity contribution in [2.24, 2.45) is 0 Å². The summed E-state index contributed by atoms with van der Waals surface area (Å²) in [6.45, 7) is 5.36. The topological polar surface area (TPSA) is 66.6 Å². The minimum Gasteiger partial charge on any atom is -0.294 e. The first-order chi connectivity index (χ1) is 10.6. The molecule has 0 aliphatic rings. The Kier molecular flexibility index (Phi) is 5.29. The number of hydrogen-bond donors (Lipinski definition) is 0. The van der Waals surface area contributed by atoms with E-state index in [4.69, 9.17) is 5.26 Å². The van der Waals surface area contributed by atoms with Crippen LogP contribution in [-0.2, 0) is 12.2 Å². The van der Waals surface area contributed by atoms with Gasteiger partial charge in [0.25, 0.3) is 0 Å². The van der Waals surface area contributed by atoms with Gasteiger partial charge in [0.05, 0.1) is 22.9 Å². The number of hydrogen-bond acceptors (Lipinski definition) is 5. The molecule has 2 rings (SSSR count). The minimum atomic E-state index is -0.0313. The fourth-order valence-electron chi connectivity index (χ4n) is 2.17. The number of nitrogens with zero attached hydrogens (tertiary/aromatic N) is 3. The third-order valence-electron chi connectivity index (χ3n) is 3.27. The predicted octanol–water partition coefficient (Wildman–Crippen LogP) is 3.71. The molecule has 22 heavy (non-hydrogen) atoms. The van der Waals surface area contributed by atoms with Gasteiger partial charge in [0.1, 0.15) is 10.9 Å². The van der Waals surface area contributed by atoms with Crippen molar-refractivity contribution in [1.82, 2.24) is 9.97 Å². The summed E-state index contributed by atoms with van der Waals surface area (Å²) in [5, 5.41) is 9.84. The number of carbonyl (C=O) groups excluding carboxylic acids is 1. The summed E-state index contributed by atoms with van der Waals surface area (Å²) in [7, 11) is 0. The molecule has 1 heterocycles. The minimum absolute atomic E-state index is 0.0313. The number of rotatable bonds is 5. The molecular weight excluding hydrogens is 294 g/mol. The SMILES string of the molecule is CCc1nc(C)c(C(C)=O)c(SCc2ccccc2C#N)n1. The molecule has 0 amide bonds. The van der Waals surface area contributed by atoms with Crippen LogP contribution in [-0.4, -0.2) is 15.8 Å². The highest BCUT2D eigenvalue weighted by Crippen LogP contribution is 2.27. The molecular formula is C17H17N3OS. The lowest BCUT2D eigenvalue weighted by atomic mass is 10.1. The lowest BCUT2D eigenvalue weighted by molar-refractivity contribution is 0.101. The third kappa shape index (κ3) is 3.52. The first kappa shape index (κ1) is 16.2. The van der Waals surface area contributed by atoms with Crippen LogP contribution in [0, 0.1) is 18.3 Å². The Morgan fingerprint density at radius 1 is 1.32 bits per heavy atom. The molecule has 0 bridgehead atoms. The zero-order valence-corrected chi connectivity index (χ0v) is 13.7. The lowest BCUT2D eigenvalue weighted by Gasteiger charge is -2.11. The van der Waals surface area contributed by atoms with Crippen molar-refractivity contribution in [3.63, 3.8) is 0 Å². The number of nitriles is 1. The van der Waals surface area contributed by atoms with Gasteiger partial charge in [0.2, 0.25) is 0 Å². The van der Waals surface area contributed by atoms with Crippen LogP contribution in [0.1, 0.15) is 46.9 Å². The molecule has 5 heteroatoms. The van der Waals surface area contributed by atoms with Gasteiger partial charge in [0.15, 0.2) is 5.78 Å². The van der Waals surface area contributed by atoms with E-state index in [0.29, 0.717) is 21.9 Å². The maximum Gasteiger partial charge on any atom is 0.164 e. The summed E-state index contributed by atoms with van der Waals surface area (Å²) in [5.74, 6) is 1.30. The van der Waals surface area contributed by atoms with Crippen molar-refractivity contribution in [3.05, 3.63) is 52.5 Å². The maximum atomic E-state index is 11.9. The number of thioether (sulfide) groups is 1. The molecule has 0 N–H and O–H groups in total. The molecule has 0 aliphatic carbocycles. The smallest absolute Gasteiger partial charge is 0.164 e. The van der Waals surface area contributed by atoms with E-state index in [1.807, 2.05) is 32.0 Å². The van der Waals surface area contributed by atoms with Crippen LogP contribution in [0.3, 0.4) is 0 Å². The first-order valence-corrected chi connectivity index (χ1v) is 8.04. The molecule has 0 fully saturated rings. The molecule has 1 aromatic carbocycles. The van der Waals surface area contributed by atoms with Gasteiger partial charge in [-0.3, -0.25) is 4.79 Å². The summed E-state index contributed by atoms with van der Waals surface area (Å²) in [6, 6.07) is 9.66. The third-order valence-corrected chi connectivity index (χ3v) is 4.30. The van der Waals surface area contributed by atoms with Gasteiger partial charge in [-0.15, -0.1) is 11.8 Å². The van der Waals surface area contributed by atoms with E-state index in [0.717, 1.165) is 23.5 Å². The highest BCUT2D eigenvalue weighted by Gasteiger charge is 2.16. The van der Waals surface area contributed by atoms with Crippen molar-refractivity contribution in [2.45, 2.75) is 38.0 Å². The van der Waals surface area contributed by atoms with Crippen molar-refractivity contribution in [3.8, 4) is 6.07 Å². The highest BCUT2D eigenvalue weighted by atomic mass is 32.2. The Labute approximate surface area is 134 Å². The van der Waals surface area contributed by atoms with E-state index in [1.165, 1.54) is 18.7 Å². The summed E-state index contributed by atoms with van der Waals surface area (Å²) < 4.78 is 0. The van der Waals surface area contributed by atoms with Crippen molar-refractivity contribution < 1.29 is 4.79 Å². The average Bonchev–Trinajstić information content (AvgIpc) is 2.52. The van der Waals surface area contributed by atoms with E-state index < -0.39 is 0 Å². The Morgan fingerprint density at radius 3 is 2.68 bits per heavy atom. The van der Waals surface area contributed by atoms with Gasteiger partial charge in [-0.1, -0.05) is 25.1 Å². The number of ketones is 1. The summed E-state index contributed by atoms with van der Waals surface area (Å²) in [4.78, 5) is 20.7. The monoisotopic (exact) mass is 311 g/mol. The van der Waals surface area contributed by atoms with E-state index in [-0.39, 0.29) is 5.78 Å². The van der Waals surface area contributed by atoms with Gasteiger partial charge in [-0.05, 0) is 25.5 Å². The van der Waals surface area contributed by atoms with E-state index in [9.17, 15) is 4.79 Å². The van der Waals surface area contributed by atoms with Crippen molar-refractivity contribution in [2.75, 3.05) is 0 Å². The largest absolute Gasteiger partial charge is 0.294 e. The Bertz CT molecular complexity index is 750. The quantitative estimate of drug-likeness (QED) is 0.478. The average molecular weight is 311 g/mol. The molecule has 0 unspecified atom stereocenters. The second-order valence-electron chi connectivity index (χ2n) is 4.87. The van der Waals surface area contributed by atoms with Gasteiger partial charge in [-0.2, -0.15) is 5.26 Å². The van der Waals surface area contributed by atoms with E-state index in [2.05, 4.69) is 16.0 Å². The molecule has 0 saturated heterocycles. The predicted molar refractivity (Wildman–Crippen MR) is 86.9 cm³/mol. The first-order valence-electron chi connectivity index (χ1n) is 7.06. The number of aromatic nitrogens is 2. The molecule has 2 aromatic rings. The standard InChI is InChI=1S/C17H17N3OS/c1-4-15-19-11(2)16(12(3)21)17(20-15)22-10-14-8-6-5-7-13(14)9-18/h5-8H,4,10H2,1-3H3. The van der Waals surface area contributed by atoms with Crippen LogP contribution < -0.4 is 0 Å². The zero-order chi connectivity index (χ0) is 16.1. The van der Waals surface area contributed by atoms with E-state index in [1.54, 1.807) is 6.07 Å². The second-order valence-corrected chi connectivity index (χ2v) is 5.84. The Hall–Kier alpha value is -2.19. The maximum absolute atomic E-state index is 11.9. The van der Waals surface area contributed by atoms with Crippen LogP contribution in [0.15, 0.2) is 29.3 Å². The Morgan fingerprint density at radius 2 is 2.05 bits per heavy atom. The van der Waals surface area contributed by atoms with E-state index >= 15 is 0 Å². The van der Waals surface area contributed by atoms with Crippen LogP contribution in [0.5, 0.6) is 0 Å². The lowest BCUT2D eigenvalue weighted by Crippen LogP contribution is -2.07. The molecule has 0 spiro atoms. The fourth-order valence-corrected chi connectivity index (χ4v) is 3.32. The normalized spacial score (nSPS) is 10.3. The molecule has 4 nitrogen and oxygen atoms in total. The summed E-state index contributed by atoms with van der Waals surface area (Å²) >= 11 is 1.48. The molecule has 0 saturated carbocycles. The fraction of sp³-hybridized carbons (Fsp3) is 0.294. The summed E-state index contributed by atoms with van der Waals surface area (Å²) in [6.07, 6.45) is 0.724. The van der Waals surface area contributed by atoms with Crippen LogP contribution in [0.4, 0.5) is 0 Å². The number of benzene rings is 1. The van der Waals surface area contributed by atoms with Gasteiger partial charge < -0.3 is 0 Å². The number of carbonyl (C=O) groups is 1. The molecule has 0 radical (unpaired) electrons. The van der Waals surface area contributed by atoms with Gasteiger partial charge >= 0.3 is 0 Å². The molecule has 112 valence electrons. The molecule has 1 aromatic heterocycles. The second kappa shape index (κ2) is 7.19. The summed E-state index contributed by atoms with van der Waals surface area (Å²) in [5.41, 5.74) is 2.90. The Balaban J connectivity index is 2.34. The number of aryl methyl sites for hydroxylation is 2. The number of Topliss-reactive ketones (excluding diaryl/α,β-unsaturated/α-hetero) is 1.